The minimum atomic E-state index is -0.201. The van der Waals surface area contributed by atoms with Crippen molar-refractivity contribution in [1.29, 1.82) is 0 Å². The number of carbonyl (C=O) groups excluding carboxylic acids is 1. The molecule has 0 heterocycles. The van der Waals surface area contributed by atoms with Crippen molar-refractivity contribution in [3.63, 3.8) is 0 Å². The summed E-state index contributed by atoms with van der Waals surface area (Å²) >= 11 is 5.78. The van der Waals surface area contributed by atoms with Crippen LogP contribution in [0.4, 0.5) is 5.69 Å². The predicted molar refractivity (Wildman–Crippen MR) is 73.5 cm³/mol. The standard InChI is InChI=1S/C14H13ClN2O/c15-11-6-7-12(13(16)8-11)14(18)17-9-10-4-2-1-3-5-10/h1-8H,9,16H2,(H,17,18). The fourth-order valence-corrected chi connectivity index (χ4v) is 1.79. The van der Waals surface area contributed by atoms with E-state index in [-0.39, 0.29) is 5.91 Å². The van der Waals surface area contributed by atoms with Gasteiger partial charge in [-0.3, -0.25) is 4.79 Å². The second-order valence-corrected chi connectivity index (χ2v) is 4.34. The Labute approximate surface area is 111 Å². The van der Waals surface area contributed by atoms with E-state index in [9.17, 15) is 4.79 Å². The Morgan fingerprint density at radius 2 is 1.89 bits per heavy atom. The number of hydrogen-bond acceptors (Lipinski definition) is 2. The van der Waals surface area contributed by atoms with Crippen LogP contribution in [-0.4, -0.2) is 5.91 Å². The maximum Gasteiger partial charge on any atom is 0.253 e. The third-order valence-electron chi connectivity index (χ3n) is 2.55. The molecule has 2 aromatic rings. The maximum atomic E-state index is 11.9. The van der Waals surface area contributed by atoms with E-state index in [2.05, 4.69) is 5.32 Å². The van der Waals surface area contributed by atoms with Crippen LogP contribution in [-0.2, 0) is 6.54 Å². The fourth-order valence-electron chi connectivity index (χ4n) is 1.61. The van der Waals surface area contributed by atoms with E-state index in [0.717, 1.165) is 5.56 Å². The van der Waals surface area contributed by atoms with Crippen molar-refractivity contribution in [2.45, 2.75) is 6.54 Å². The van der Waals surface area contributed by atoms with Gasteiger partial charge in [-0.15, -0.1) is 0 Å². The number of amides is 1. The minimum Gasteiger partial charge on any atom is -0.398 e. The van der Waals surface area contributed by atoms with Crippen LogP contribution in [0.1, 0.15) is 15.9 Å². The van der Waals surface area contributed by atoms with Crippen molar-refractivity contribution >= 4 is 23.2 Å². The first-order chi connectivity index (χ1) is 8.66. The van der Waals surface area contributed by atoms with Gasteiger partial charge in [0.25, 0.3) is 5.91 Å². The Morgan fingerprint density at radius 1 is 1.17 bits per heavy atom. The van der Waals surface area contributed by atoms with Gasteiger partial charge in [0.05, 0.1) is 5.56 Å². The molecule has 18 heavy (non-hydrogen) atoms. The molecule has 4 heteroatoms. The molecule has 0 atom stereocenters. The number of benzene rings is 2. The van der Waals surface area contributed by atoms with Crippen molar-refractivity contribution in [2.24, 2.45) is 0 Å². The molecule has 3 N–H and O–H groups in total. The van der Waals surface area contributed by atoms with Gasteiger partial charge in [0.1, 0.15) is 0 Å². The Bertz CT molecular complexity index is 555. The molecule has 0 aliphatic carbocycles. The zero-order valence-corrected chi connectivity index (χ0v) is 10.4. The van der Waals surface area contributed by atoms with Crippen molar-refractivity contribution in [3.8, 4) is 0 Å². The summed E-state index contributed by atoms with van der Waals surface area (Å²) in [5.41, 5.74) is 7.61. The number of hydrogen-bond donors (Lipinski definition) is 2. The lowest BCUT2D eigenvalue weighted by Gasteiger charge is -2.07. The number of anilines is 1. The summed E-state index contributed by atoms with van der Waals surface area (Å²) < 4.78 is 0. The van der Waals surface area contributed by atoms with E-state index in [1.807, 2.05) is 30.3 Å². The van der Waals surface area contributed by atoms with Crippen molar-refractivity contribution in [3.05, 3.63) is 64.7 Å². The zero-order chi connectivity index (χ0) is 13.0. The Morgan fingerprint density at radius 3 is 2.56 bits per heavy atom. The van der Waals surface area contributed by atoms with Crippen LogP contribution in [0.5, 0.6) is 0 Å². The predicted octanol–water partition coefficient (Wildman–Crippen LogP) is 2.85. The Hall–Kier alpha value is -2.00. The molecular formula is C14H13ClN2O. The van der Waals surface area contributed by atoms with E-state index < -0.39 is 0 Å². The van der Waals surface area contributed by atoms with Gasteiger partial charge in [0.2, 0.25) is 0 Å². The van der Waals surface area contributed by atoms with Gasteiger partial charge in [-0.1, -0.05) is 41.9 Å². The van der Waals surface area contributed by atoms with Crippen molar-refractivity contribution in [1.82, 2.24) is 5.32 Å². The van der Waals surface area contributed by atoms with Crippen LogP contribution in [0.3, 0.4) is 0 Å². The molecule has 0 saturated heterocycles. The van der Waals surface area contributed by atoms with E-state index in [0.29, 0.717) is 22.8 Å². The van der Waals surface area contributed by atoms with Crippen LogP contribution in [0.25, 0.3) is 0 Å². The number of carbonyl (C=O) groups is 1. The first-order valence-electron chi connectivity index (χ1n) is 5.54. The first kappa shape index (κ1) is 12.5. The highest BCUT2D eigenvalue weighted by atomic mass is 35.5. The zero-order valence-electron chi connectivity index (χ0n) is 9.69. The van der Waals surface area contributed by atoms with Gasteiger partial charge in [0, 0.05) is 17.3 Å². The molecule has 0 radical (unpaired) electrons. The lowest BCUT2D eigenvalue weighted by molar-refractivity contribution is 0.0952. The molecule has 0 aliphatic rings. The van der Waals surface area contributed by atoms with Crippen LogP contribution >= 0.6 is 11.6 Å². The highest BCUT2D eigenvalue weighted by molar-refractivity contribution is 6.31. The molecule has 0 bridgehead atoms. The smallest absolute Gasteiger partial charge is 0.253 e. The second kappa shape index (κ2) is 5.56. The molecule has 3 nitrogen and oxygen atoms in total. The monoisotopic (exact) mass is 260 g/mol. The van der Waals surface area contributed by atoms with Gasteiger partial charge < -0.3 is 11.1 Å². The second-order valence-electron chi connectivity index (χ2n) is 3.90. The van der Waals surface area contributed by atoms with Gasteiger partial charge >= 0.3 is 0 Å². The highest BCUT2D eigenvalue weighted by Gasteiger charge is 2.09. The van der Waals surface area contributed by atoms with E-state index in [4.69, 9.17) is 17.3 Å². The summed E-state index contributed by atoms with van der Waals surface area (Å²) in [6.45, 7) is 0.474. The summed E-state index contributed by atoms with van der Waals surface area (Å²) in [7, 11) is 0. The lowest BCUT2D eigenvalue weighted by atomic mass is 10.1. The van der Waals surface area contributed by atoms with Gasteiger partial charge in [-0.25, -0.2) is 0 Å². The molecular weight excluding hydrogens is 248 g/mol. The van der Waals surface area contributed by atoms with E-state index >= 15 is 0 Å². The van der Waals surface area contributed by atoms with Gasteiger partial charge in [-0.05, 0) is 23.8 Å². The van der Waals surface area contributed by atoms with Crippen LogP contribution in [0, 0.1) is 0 Å². The molecule has 0 fully saturated rings. The third kappa shape index (κ3) is 3.02. The largest absolute Gasteiger partial charge is 0.398 e. The summed E-state index contributed by atoms with van der Waals surface area (Å²) in [6, 6.07) is 14.5. The average molecular weight is 261 g/mol. The van der Waals surface area contributed by atoms with Crippen LogP contribution in [0.2, 0.25) is 5.02 Å². The molecule has 0 aliphatic heterocycles. The molecule has 0 saturated carbocycles. The first-order valence-corrected chi connectivity index (χ1v) is 5.92. The van der Waals surface area contributed by atoms with Crippen LogP contribution < -0.4 is 11.1 Å². The topological polar surface area (TPSA) is 55.1 Å². The Kier molecular flexibility index (Phi) is 3.85. The lowest BCUT2D eigenvalue weighted by Crippen LogP contribution is -2.23. The van der Waals surface area contributed by atoms with E-state index in [1.165, 1.54) is 0 Å². The normalized spacial score (nSPS) is 10.1. The summed E-state index contributed by atoms with van der Waals surface area (Å²) in [5, 5.41) is 3.33. The summed E-state index contributed by atoms with van der Waals surface area (Å²) in [6.07, 6.45) is 0. The minimum absolute atomic E-state index is 0.201. The fraction of sp³-hybridized carbons (Fsp3) is 0.0714. The molecule has 0 spiro atoms. The molecule has 0 unspecified atom stereocenters. The van der Waals surface area contributed by atoms with Crippen LogP contribution in [0.15, 0.2) is 48.5 Å². The molecule has 2 rings (SSSR count). The highest BCUT2D eigenvalue weighted by Crippen LogP contribution is 2.17. The molecule has 92 valence electrons. The molecule has 0 aromatic heterocycles. The number of nitrogens with one attached hydrogen (secondary N) is 1. The molecule has 2 aromatic carbocycles. The summed E-state index contributed by atoms with van der Waals surface area (Å²) in [4.78, 5) is 11.9. The number of rotatable bonds is 3. The average Bonchev–Trinajstić information content (AvgIpc) is 2.37. The number of nitrogens with two attached hydrogens (primary N) is 1. The summed E-state index contributed by atoms with van der Waals surface area (Å²) in [5.74, 6) is -0.201. The third-order valence-corrected chi connectivity index (χ3v) is 2.79. The van der Waals surface area contributed by atoms with Crippen molar-refractivity contribution < 1.29 is 4.79 Å². The Balaban J connectivity index is 2.04. The van der Waals surface area contributed by atoms with E-state index in [1.54, 1.807) is 18.2 Å². The number of halogens is 1. The van der Waals surface area contributed by atoms with Gasteiger partial charge in [-0.2, -0.15) is 0 Å². The maximum absolute atomic E-state index is 11.9. The van der Waals surface area contributed by atoms with Gasteiger partial charge in [0.15, 0.2) is 0 Å². The SMILES string of the molecule is Nc1cc(Cl)ccc1C(=O)NCc1ccccc1. The molecule has 1 amide bonds. The van der Waals surface area contributed by atoms with Crippen molar-refractivity contribution in [2.75, 3.05) is 5.73 Å². The number of nitrogen functional groups attached to an aromatic ring is 1. The quantitative estimate of drug-likeness (QED) is 0.834.